The summed E-state index contributed by atoms with van der Waals surface area (Å²) in [5, 5.41) is 19.3. The minimum atomic E-state index is -0.821. The second kappa shape index (κ2) is 41.8. The van der Waals surface area contributed by atoms with Crippen LogP contribution in [-0.4, -0.2) is 22.4 Å². The van der Waals surface area contributed by atoms with Crippen molar-refractivity contribution in [3.63, 3.8) is 0 Å². The van der Waals surface area contributed by atoms with Gasteiger partial charge in [0.15, 0.2) is 6.10 Å². The summed E-state index contributed by atoms with van der Waals surface area (Å²) in [6.45, 7) is 0. The monoisotopic (exact) mass is 673 g/mol. The van der Waals surface area contributed by atoms with Crippen LogP contribution in [0.1, 0.15) is 212 Å². The first-order valence-corrected chi connectivity index (χ1v) is 20.7. The molecule has 0 fully saturated rings. The Kier molecular flexibility index (Phi) is 39.8. The summed E-state index contributed by atoms with van der Waals surface area (Å²) >= 11 is 0. The fourth-order valence-corrected chi connectivity index (χ4v) is 5.97. The Labute approximate surface area is 306 Å². The van der Waals surface area contributed by atoms with E-state index in [0.29, 0.717) is 6.42 Å². The molecule has 0 aliphatic carbocycles. The van der Waals surface area contributed by atoms with Gasteiger partial charge in [0.05, 0.1) is 0 Å². The molecule has 2 N–H and O–H groups in total. The van der Waals surface area contributed by atoms with Crippen LogP contribution in [0.4, 0.5) is 0 Å². The van der Waals surface area contributed by atoms with Crippen molar-refractivity contribution in [2.75, 3.05) is 0 Å². The zero-order valence-electron chi connectivity index (χ0n) is 31.8. The van der Waals surface area contributed by atoms with Crippen LogP contribution in [-0.2, 0) is 0 Å². The Balaban J connectivity index is 3.37. The van der Waals surface area contributed by atoms with E-state index in [9.17, 15) is 10.2 Å². The maximum absolute atomic E-state index is 9.92. The molecule has 0 saturated heterocycles. The first-order valence-electron chi connectivity index (χ1n) is 20.7. The lowest BCUT2D eigenvalue weighted by molar-refractivity contribution is 0.217. The van der Waals surface area contributed by atoms with Gasteiger partial charge in [-0.1, -0.05) is 163 Å². The fourth-order valence-electron chi connectivity index (χ4n) is 5.97. The molecule has 0 unspecified atom stereocenters. The molecule has 0 aromatic carbocycles. The minimum Gasteiger partial charge on any atom is -0.380 e. The number of rotatable bonds is 34. The maximum Gasteiger partial charge on any atom is 0.176 e. The van der Waals surface area contributed by atoms with Gasteiger partial charge in [-0.15, -0.1) is 18.8 Å². The first kappa shape index (κ1) is 46.6. The Hall–Kier alpha value is -2.36. The molecule has 0 amide bonds. The molecule has 0 aliphatic heterocycles. The zero-order valence-corrected chi connectivity index (χ0v) is 31.8. The third-order valence-electron chi connectivity index (χ3n) is 9.14. The molecule has 0 bridgehead atoms. The zero-order chi connectivity index (χ0) is 35.6. The van der Waals surface area contributed by atoms with Crippen molar-refractivity contribution in [3.8, 4) is 48.4 Å². The van der Waals surface area contributed by atoms with Crippen molar-refractivity contribution in [1.82, 2.24) is 0 Å². The normalized spacial score (nSPS) is 12.2. The molecular formula is C47H76O2. The van der Waals surface area contributed by atoms with Gasteiger partial charge in [-0.25, -0.2) is 0 Å². The van der Waals surface area contributed by atoms with Crippen molar-refractivity contribution in [2.24, 2.45) is 0 Å². The van der Waals surface area contributed by atoms with Crippen LogP contribution < -0.4 is 0 Å². The van der Waals surface area contributed by atoms with E-state index in [0.717, 1.165) is 64.2 Å². The lowest BCUT2D eigenvalue weighted by atomic mass is 10.0. The molecule has 0 aromatic heterocycles. The number of allylic oxidation sites excluding steroid dienone is 4. The highest BCUT2D eigenvalue weighted by Gasteiger charge is 1.98. The average molecular weight is 673 g/mol. The number of unbranched alkanes of at least 4 members (excludes halogenated alkanes) is 28. The van der Waals surface area contributed by atoms with Crippen LogP contribution in [0.5, 0.6) is 0 Å². The molecular weight excluding hydrogens is 597 g/mol. The molecule has 2 atom stereocenters. The van der Waals surface area contributed by atoms with E-state index in [1.807, 2.05) is 0 Å². The van der Waals surface area contributed by atoms with Crippen LogP contribution in [0.2, 0.25) is 0 Å². The van der Waals surface area contributed by atoms with E-state index in [-0.39, 0.29) is 0 Å². The van der Waals surface area contributed by atoms with Gasteiger partial charge in [0.2, 0.25) is 0 Å². The lowest BCUT2D eigenvalue weighted by Gasteiger charge is -2.03. The van der Waals surface area contributed by atoms with Gasteiger partial charge in [0.1, 0.15) is 6.10 Å². The molecule has 0 rings (SSSR count). The predicted molar refractivity (Wildman–Crippen MR) is 216 cm³/mol. The molecule has 0 aromatic rings. The standard InChI is InChI=1S/C47H76O2/c1-3-5-6-7-8-9-10-11-12-13-14-15-16-17-18-19-20-21-22-23-24-25-26-27-28-29-30-31-35-38-41-44-47(49)45-42-39-36-33-32-34-37-40-43-46(48)4-2/h1-2,22-23,28-29,46-49H,5-21,24-27,30-40,43H2/t46-,47+/m0/s1. The summed E-state index contributed by atoms with van der Waals surface area (Å²) in [6, 6.07) is 0. The third-order valence-corrected chi connectivity index (χ3v) is 9.14. The van der Waals surface area contributed by atoms with E-state index in [1.54, 1.807) is 0 Å². The van der Waals surface area contributed by atoms with E-state index in [2.05, 4.69) is 59.8 Å². The second-order valence-corrected chi connectivity index (χ2v) is 13.9. The summed E-state index contributed by atoms with van der Waals surface area (Å²) in [6.07, 6.45) is 59.0. The molecule has 0 spiro atoms. The molecule has 0 heterocycles. The first-order chi connectivity index (χ1) is 24.2. The summed E-state index contributed by atoms with van der Waals surface area (Å²) in [7, 11) is 0. The second-order valence-electron chi connectivity index (χ2n) is 13.9. The summed E-state index contributed by atoms with van der Waals surface area (Å²) < 4.78 is 0. The minimum absolute atomic E-state index is 0.587. The number of hydrogen-bond acceptors (Lipinski definition) is 2. The van der Waals surface area contributed by atoms with Crippen LogP contribution in [0.25, 0.3) is 0 Å². The number of aliphatic hydroxyl groups excluding tert-OH is 2. The molecule has 0 saturated carbocycles. The van der Waals surface area contributed by atoms with Crippen molar-refractivity contribution >= 4 is 0 Å². The van der Waals surface area contributed by atoms with Gasteiger partial charge in [-0.3, -0.25) is 0 Å². The Morgan fingerprint density at radius 3 is 1.10 bits per heavy atom. The quantitative estimate of drug-likeness (QED) is 0.0406. The van der Waals surface area contributed by atoms with Crippen molar-refractivity contribution in [1.29, 1.82) is 0 Å². The highest BCUT2D eigenvalue weighted by molar-refractivity contribution is 5.19. The lowest BCUT2D eigenvalue weighted by Crippen LogP contribution is -2.01. The van der Waals surface area contributed by atoms with Crippen molar-refractivity contribution < 1.29 is 10.2 Å². The van der Waals surface area contributed by atoms with Gasteiger partial charge in [0, 0.05) is 19.3 Å². The van der Waals surface area contributed by atoms with Gasteiger partial charge in [-0.2, -0.15) is 0 Å². The molecule has 0 aliphatic rings. The van der Waals surface area contributed by atoms with Crippen LogP contribution >= 0.6 is 0 Å². The van der Waals surface area contributed by atoms with E-state index < -0.39 is 12.2 Å². The van der Waals surface area contributed by atoms with Gasteiger partial charge in [0.25, 0.3) is 0 Å². The van der Waals surface area contributed by atoms with Crippen LogP contribution in [0.3, 0.4) is 0 Å². The van der Waals surface area contributed by atoms with E-state index in [1.165, 1.54) is 141 Å². The fraction of sp³-hybridized carbons (Fsp3) is 0.745. The maximum atomic E-state index is 9.92. The summed E-state index contributed by atoms with van der Waals surface area (Å²) in [5.74, 6) is 17.0. The highest BCUT2D eigenvalue weighted by atomic mass is 16.3. The van der Waals surface area contributed by atoms with Gasteiger partial charge < -0.3 is 10.2 Å². The van der Waals surface area contributed by atoms with Crippen molar-refractivity contribution in [3.05, 3.63) is 24.3 Å². The summed E-state index contributed by atoms with van der Waals surface area (Å²) in [5.41, 5.74) is 0. The largest absolute Gasteiger partial charge is 0.380 e. The Morgan fingerprint density at radius 2 is 0.694 bits per heavy atom. The Morgan fingerprint density at radius 1 is 0.388 bits per heavy atom. The average Bonchev–Trinajstić information content (AvgIpc) is 3.11. The van der Waals surface area contributed by atoms with E-state index in [4.69, 9.17) is 12.8 Å². The molecule has 49 heavy (non-hydrogen) atoms. The molecule has 2 nitrogen and oxygen atoms in total. The SMILES string of the molecule is C#CCCCCCCCCCCCCCCCCCC=CCCCCC=CCCCCC#C[C@@H](O)C#CCCCCCCCC[C@@H](O)C#C. The van der Waals surface area contributed by atoms with Gasteiger partial charge in [-0.05, 0) is 83.5 Å². The molecule has 276 valence electrons. The number of aliphatic hydroxyl groups is 2. The predicted octanol–water partition coefficient (Wildman–Crippen LogP) is 13.0. The van der Waals surface area contributed by atoms with E-state index >= 15 is 0 Å². The third kappa shape index (κ3) is 41.7. The molecule has 0 radical (unpaired) electrons. The Bertz CT molecular complexity index is 953. The molecule has 2 heteroatoms. The van der Waals surface area contributed by atoms with Gasteiger partial charge >= 0.3 is 0 Å². The smallest absolute Gasteiger partial charge is 0.176 e. The van der Waals surface area contributed by atoms with Crippen molar-refractivity contribution in [2.45, 2.75) is 224 Å². The number of terminal acetylenes is 2. The highest BCUT2D eigenvalue weighted by Crippen LogP contribution is 2.15. The van der Waals surface area contributed by atoms with Crippen LogP contribution in [0.15, 0.2) is 24.3 Å². The topological polar surface area (TPSA) is 40.5 Å². The summed E-state index contributed by atoms with van der Waals surface area (Å²) in [4.78, 5) is 0. The number of hydrogen-bond donors (Lipinski definition) is 2. The van der Waals surface area contributed by atoms with Crippen LogP contribution in [0, 0.1) is 48.4 Å².